The van der Waals surface area contributed by atoms with Gasteiger partial charge in [-0.1, -0.05) is 29.4 Å². The molecule has 36 heavy (non-hydrogen) atoms. The zero-order chi connectivity index (χ0) is 25.1. The summed E-state index contributed by atoms with van der Waals surface area (Å²) in [5, 5.41) is 9.94. The van der Waals surface area contributed by atoms with Gasteiger partial charge < -0.3 is 14.5 Å². The number of sulfonamides is 1. The highest BCUT2D eigenvalue weighted by Crippen LogP contribution is 2.31. The number of hydrogen-bond acceptors (Lipinski definition) is 8. The second-order valence-corrected chi connectivity index (χ2v) is 11.0. The van der Waals surface area contributed by atoms with Crippen LogP contribution in [0.4, 0.5) is 0 Å². The number of H-pyrrole nitrogens is 1. The SMILES string of the molecule is COc1ccc(-n2cc(COc3ccc(-c4csc(=O)[nH]4)cc3S(=O)(=O)NC3CCCC3)nn2)cc1. The van der Waals surface area contributed by atoms with Gasteiger partial charge in [0.2, 0.25) is 10.0 Å². The van der Waals surface area contributed by atoms with Gasteiger partial charge in [-0.25, -0.2) is 17.8 Å². The van der Waals surface area contributed by atoms with Gasteiger partial charge in [0.05, 0.1) is 24.7 Å². The van der Waals surface area contributed by atoms with Crippen molar-refractivity contribution in [2.45, 2.75) is 43.2 Å². The molecule has 0 amide bonds. The lowest BCUT2D eigenvalue weighted by Gasteiger charge is -2.16. The largest absolute Gasteiger partial charge is 0.497 e. The fourth-order valence-electron chi connectivity index (χ4n) is 4.13. The third-order valence-electron chi connectivity index (χ3n) is 6.00. The highest BCUT2D eigenvalue weighted by Gasteiger charge is 2.26. The Morgan fingerprint density at radius 1 is 1.17 bits per heavy atom. The fourth-order valence-corrected chi connectivity index (χ4v) is 6.19. The lowest BCUT2D eigenvalue weighted by molar-refractivity contribution is 0.293. The standard InChI is InChI=1S/C24H25N5O5S2/c1-33-20-9-7-19(8-10-20)29-13-18(26-28-29)14-34-22-11-6-16(21-15-35-24(30)25-21)12-23(22)36(31,32)27-17-4-2-3-5-17/h6-13,15,17,27H,2-5,14H2,1H3,(H,25,30). The molecule has 188 valence electrons. The maximum absolute atomic E-state index is 13.3. The minimum Gasteiger partial charge on any atom is -0.497 e. The van der Waals surface area contributed by atoms with Crippen LogP contribution in [0.1, 0.15) is 31.4 Å². The van der Waals surface area contributed by atoms with E-state index in [1.165, 1.54) is 6.07 Å². The zero-order valence-corrected chi connectivity index (χ0v) is 21.1. The summed E-state index contributed by atoms with van der Waals surface area (Å²) in [5.41, 5.74) is 2.46. The quantitative estimate of drug-likeness (QED) is 0.341. The van der Waals surface area contributed by atoms with Crippen molar-refractivity contribution in [2.75, 3.05) is 7.11 Å². The molecule has 2 aromatic heterocycles. The van der Waals surface area contributed by atoms with Crippen LogP contribution >= 0.6 is 11.3 Å². The molecule has 2 aromatic carbocycles. The van der Waals surface area contributed by atoms with Crippen LogP contribution in [-0.4, -0.2) is 41.5 Å². The molecule has 2 N–H and O–H groups in total. The number of ether oxygens (including phenoxy) is 2. The van der Waals surface area contributed by atoms with Crippen LogP contribution in [-0.2, 0) is 16.6 Å². The number of aromatic nitrogens is 4. The first-order chi connectivity index (χ1) is 17.4. The summed E-state index contributed by atoms with van der Waals surface area (Å²) in [4.78, 5) is 14.2. The Kier molecular flexibility index (Phi) is 6.90. The number of methoxy groups -OCH3 is 1. The molecule has 1 fully saturated rings. The van der Waals surface area contributed by atoms with E-state index in [0.29, 0.717) is 17.0 Å². The molecule has 0 saturated heterocycles. The van der Waals surface area contributed by atoms with Crippen molar-refractivity contribution in [3.8, 4) is 28.4 Å². The summed E-state index contributed by atoms with van der Waals surface area (Å²) >= 11 is 1.02. The van der Waals surface area contributed by atoms with E-state index in [4.69, 9.17) is 9.47 Å². The number of hydrogen-bond donors (Lipinski definition) is 2. The van der Waals surface area contributed by atoms with E-state index < -0.39 is 10.0 Å². The van der Waals surface area contributed by atoms with Crippen molar-refractivity contribution >= 4 is 21.4 Å². The van der Waals surface area contributed by atoms with Crippen LogP contribution in [0.3, 0.4) is 0 Å². The van der Waals surface area contributed by atoms with Crippen molar-refractivity contribution in [1.29, 1.82) is 0 Å². The first-order valence-electron chi connectivity index (χ1n) is 11.4. The fraction of sp³-hybridized carbons (Fsp3) is 0.292. The molecule has 1 aliphatic rings. The topological polar surface area (TPSA) is 128 Å². The lowest BCUT2D eigenvalue weighted by Crippen LogP contribution is -2.33. The maximum atomic E-state index is 13.3. The van der Waals surface area contributed by atoms with Crippen LogP contribution in [0.15, 0.2) is 63.7 Å². The normalized spacial score (nSPS) is 14.2. The van der Waals surface area contributed by atoms with Gasteiger partial charge in [0.15, 0.2) is 0 Å². The van der Waals surface area contributed by atoms with E-state index in [-0.39, 0.29) is 28.2 Å². The van der Waals surface area contributed by atoms with E-state index >= 15 is 0 Å². The minimum absolute atomic E-state index is 0.0153. The Hall–Kier alpha value is -3.48. The Bertz CT molecular complexity index is 1500. The molecular weight excluding hydrogens is 502 g/mol. The smallest absolute Gasteiger partial charge is 0.304 e. The minimum atomic E-state index is -3.86. The molecule has 4 aromatic rings. The van der Waals surface area contributed by atoms with Gasteiger partial charge in [-0.05, 0) is 55.3 Å². The molecule has 0 bridgehead atoms. The molecule has 0 atom stereocenters. The van der Waals surface area contributed by atoms with Crippen molar-refractivity contribution in [3.63, 3.8) is 0 Å². The number of nitrogens with zero attached hydrogens (tertiary/aromatic N) is 3. The molecule has 0 spiro atoms. The Morgan fingerprint density at radius 2 is 1.94 bits per heavy atom. The Labute approximate surface area is 212 Å². The van der Waals surface area contributed by atoms with Crippen LogP contribution in [0.2, 0.25) is 0 Å². The van der Waals surface area contributed by atoms with Gasteiger partial charge in [0, 0.05) is 17.0 Å². The van der Waals surface area contributed by atoms with Crippen molar-refractivity contribution in [2.24, 2.45) is 0 Å². The summed E-state index contributed by atoms with van der Waals surface area (Å²) in [6.07, 6.45) is 5.33. The highest BCUT2D eigenvalue weighted by atomic mass is 32.2. The molecule has 1 saturated carbocycles. The number of nitrogens with one attached hydrogen (secondary N) is 2. The Morgan fingerprint density at radius 3 is 2.64 bits per heavy atom. The van der Waals surface area contributed by atoms with E-state index in [1.807, 2.05) is 24.3 Å². The van der Waals surface area contributed by atoms with Crippen molar-refractivity contribution < 1.29 is 17.9 Å². The van der Waals surface area contributed by atoms with Crippen molar-refractivity contribution in [1.82, 2.24) is 24.7 Å². The third-order valence-corrected chi connectivity index (χ3v) is 8.21. The van der Waals surface area contributed by atoms with Crippen LogP contribution in [0.5, 0.6) is 11.5 Å². The maximum Gasteiger partial charge on any atom is 0.304 e. The van der Waals surface area contributed by atoms with Gasteiger partial charge in [-0.15, -0.1) is 5.10 Å². The molecule has 1 aliphatic carbocycles. The van der Waals surface area contributed by atoms with E-state index in [0.717, 1.165) is 48.5 Å². The monoisotopic (exact) mass is 527 g/mol. The van der Waals surface area contributed by atoms with E-state index in [1.54, 1.807) is 35.5 Å². The average Bonchev–Trinajstić information content (AvgIpc) is 3.65. The predicted molar refractivity (Wildman–Crippen MR) is 135 cm³/mol. The molecule has 5 rings (SSSR count). The average molecular weight is 528 g/mol. The molecule has 2 heterocycles. The van der Waals surface area contributed by atoms with Gasteiger partial charge in [-0.2, -0.15) is 0 Å². The lowest BCUT2D eigenvalue weighted by atomic mass is 10.2. The van der Waals surface area contributed by atoms with Gasteiger partial charge in [0.25, 0.3) is 0 Å². The summed E-state index contributed by atoms with van der Waals surface area (Å²) in [6, 6.07) is 12.1. The number of thiazole rings is 1. The Balaban J connectivity index is 1.40. The first-order valence-corrected chi connectivity index (χ1v) is 13.8. The molecule has 10 nitrogen and oxygen atoms in total. The third kappa shape index (κ3) is 5.35. The second kappa shape index (κ2) is 10.2. The highest BCUT2D eigenvalue weighted by molar-refractivity contribution is 7.89. The summed E-state index contributed by atoms with van der Waals surface area (Å²) in [5.74, 6) is 0.929. The number of aromatic amines is 1. The van der Waals surface area contributed by atoms with Crippen LogP contribution < -0.4 is 19.1 Å². The van der Waals surface area contributed by atoms with Crippen molar-refractivity contribution in [3.05, 3.63) is 69.4 Å². The summed E-state index contributed by atoms with van der Waals surface area (Å²) in [6.45, 7) is 0.0245. The number of benzene rings is 2. The van der Waals surface area contributed by atoms with E-state index in [9.17, 15) is 13.2 Å². The van der Waals surface area contributed by atoms with Gasteiger partial charge in [-0.3, -0.25) is 4.79 Å². The summed E-state index contributed by atoms with van der Waals surface area (Å²) < 4.78 is 42.2. The molecule has 12 heteroatoms. The second-order valence-electron chi connectivity index (χ2n) is 8.47. The van der Waals surface area contributed by atoms with Gasteiger partial charge >= 0.3 is 4.87 Å². The zero-order valence-electron chi connectivity index (χ0n) is 19.5. The molecule has 0 unspecified atom stereocenters. The first kappa shape index (κ1) is 24.2. The summed E-state index contributed by atoms with van der Waals surface area (Å²) in [7, 11) is -2.26. The van der Waals surface area contributed by atoms with Gasteiger partial charge in [0.1, 0.15) is 28.7 Å². The van der Waals surface area contributed by atoms with Crippen LogP contribution in [0, 0.1) is 0 Å². The predicted octanol–water partition coefficient (Wildman–Crippen LogP) is 3.49. The molecule has 0 aliphatic heterocycles. The number of rotatable bonds is 9. The van der Waals surface area contributed by atoms with E-state index in [2.05, 4.69) is 20.0 Å². The molecular formula is C24H25N5O5S2. The molecule has 0 radical (unpaired) electrons. The van der Waals surface area contributed by atoms with Crippen LogP contribution in [0.25, 0.3) is 16.9 Å².